The zero-order valence-electron chi connectivity index (χ0n) is 11.4. The number of hydrogen-bond acceptors (Lipinski definition) is 4. The molecule has 0 aliphatic heterocycles. The lowest BCUT2D eigenvalue weighted by Gasteiger charge is -2.16. The lowest BCUT2D eigenvalue weighted by Crippen LogP contribution is -2.19. The summed E-state index contributed by atoms with van der Waals surface area (Å²) in [7, 11) is 1.63. The van der Waals surface area contributed by atoms with E-state index in [0.29, 0.717) is 12.3 Å². The molecule has 2 aromatic rings. The molecule has 1 atom stereocenters. The number of aromatic carboxylic acids is 1. The third-order valence-electron chi connectivity index (χ3n) is 3.15. The average Bonchev–Trinajstić information content (AvgIpc) is 2.93. The van der Waals surface area contributed by atoms with Gasteiger partial charge in [-0.2, -0.15) is 0 Å². The molecule has 20 heavy (non-hydrogen) atoms. The summed E-state index contributed by atoms with van der Waals surface area (Å²) in [6, 6.07) is 9.17. The van der Waals surface area contributed by atoms with Gasteiger partial charge in [-0.05, 0) is 19.1 Å². The van der Waals surface area contributed by atoms with Crippen molar-refractivity contribution in [3.63, 3.8) is 0 Å². The number of carboxylic acid groups (broad SMARTS) is 1. The summed E-state index contributed by atoms with van der Waals surface area (Å²) >= 11 is 0. The zero-order valence-corrected chi connectivity index (χ0v) is 11.4. The number of ether oxygens (including phenoxy) is 1. The standard InChI is InChI=1S/C15H17NO4/c1-10(11-5-3-4-6-13(11)19-2)16-9-14-12(15(17)18)7-8-20-14/h3-8,10,16H,9H2,1-2H3,(H,17,18)/t10-/m0/s1. The molecule has 0 spiro atoms. The van der Waals surface area contributed by atoms with Crippen LogP contribution in [0.4, 0.5) is 0 Å². The summed E-state index contributed by atoms with van der Waals surface area (Å²) in [6.45, 7) is 2.33. The van der Waals surface area contributed by atoms with Gasteiger partial charge in [0.15, 0.2) is 0 Å². The molecular formula is C15H17NO4. The molecule has 5 heteroatoms. The van der Waals surface area contributed by atoms with E-state index in [9.17, 15) is 4.79 Å². The number of rotatable bonds is 6. The van der Waals surface area contributed by atoms with Crippen LogP contribution in [0.3, 0.4) is 0 Å². The minimum atomic E-state index is -0.986. The molecule has 0 aliphatic rings. The van der Waals surface area contributed by atoms with Crippen LogP contribution in [0, 0.1) is 0 Å². The molecule has 5 nitrogen and oxygen atoms in total. The monoisotopic (exact) mass is 275 g/mol. The average molecular weight is 275 g/mol. The molecule has 0 saturated carbocycles. The third kappa shape index (κ3) is 3.00. The molecule has 2 rings (SSSR count). The van der Waals surface area contributed by atoms with E-state index >= 15 is 0 Å². The van der Waals surface area contributed by atoms with Crippen LogP contribution in [-0.2, 0) is 6.54 Å². The Bertz CT molecular complexity index is 591. The quantitative estimate of drug-likeness (QED) is 0.848. The van der Waals surface area contributed by atoms with Crippen molar-refractivity contribution in [1.29, 1.82) is 0 Å². The number of carboxylic acids is 1. The van der Waals surface area contributed by atoms with Crippen LogP contribution in [-0.4, -0.2) is 18.2 Å². The molecule has 0 unspecified atom stereocenters. The number of carbonyl (C=O) groups is 1. The normalized spacial score (nSPS) is 12.1. The van der Waals surface area contributed by atoms with E-state index in [2.05, 4.69) is 5.32 Å². The third-order valence-corrected chi connectivity index (χ3v) is 3.15. The van der Waals surface area contributed by atoms with Gasteiger partial charge in [-0.15, -0.1) is 0 Å². The second-order valence-electron chi connectivity index (χ2n) is 4.41. The highest BCUT2D eigenvalue weighted by atomic mass is 16.5. The number of furan rings is 1. The maximum absolute atomic E-state index is 11.0. The van der Waals surface area contributed by atoms with E-state index in [-0.39, 0.29) is 11.6 Å². The van der Waals surface area contributed by atoms with Gasteiger partial charge in [-0.1, -0.05) is 18.2 Å². The van der Waals surface area contributed by atoms with E-state index in [1.54, 1.807) is 7.11 Å². The number of hydrogen-bond donors (Lipinski definition) is 2. The van der Waals surface area contributed by atoms with Gasteiger partial charge in [0.25, 0.3) is 0 Å². The van der Waals surface area contributed by atoms with Gasteiger partial charge < -0.3 is 19.6 Å². The van der Waals surface area contributed by atoms with Crippen molar-refractivity contribution >= 4 is 5.97 Å². The van der Waals surface area contributed by atoms with Crippen molar-refractivity contribution in [3.05, 3.63) is 53.5 Å². The van der Waals surface area contributed by atoms with E-state index in [4.69, 9.17) is 14.3 Å². The van der Waals surface area contributed by atoms with Gasteiger partial charge in [0.1, 0.15) is 17.1 Å². The molecule has 0 bridgehead atoms. The number of para-hydroxylation sites is 1. The zero-order chi connectivity index (χ0) is 14.5. The number of benzene rings is 1. The summed E-state index contributed by atoms with van der Waals surface area (Å²) in [6.07, 6.45) is 1.38. The Morgan fingerprint density at radius 2 is 2.15 bits per heavy atom. The van der Waals surface area contributed by atoms with E-state index < -0.39 is 5.97 Å². The number of nitrogens with one attached hydrogen (secondary N) is 1. The van der Waals surface area contributed by atoms with Crippen molar-refractivity contribution in [2.24, 2.45) is 0 Å². The summed E-state index contributed by atoms with van der Waals surface area (Å²) in [5.74, 6) is 0.227. The molecule has 0 saturated heterocycles. The maximum atomic E-state index is 11.0. The molecule has 0 radical (unpaired) electrons. The van der Waals surface area contributed by atoms with Gasteiger partial charge in [0.2, 0.25) is 0 Å². The van der Waals surface area contributed by atoms with E-state index in [0.717, 1.165) is 11.3 Å². The maximum Gasteiger partial charge on any atom is 0.339 e. The molecule has 1 aromatic carbocycles. The highest BCUT2D eigenvalue weighted by Gasteiger charge is 2.15. The molecule has 0 amide bonds. The lowest BCUT2D eigenvalue weighted by molar-refractivity contribution is 0.0694. The molecule has 1 heterocycles. The van der Waals surface area contributed by atoms with Crippen LogP contribution in [0.1, 0.15) is 34.6 Å². The highest BCUT2D eigenvalue weighted by molar-refractivity contribution is 5.88. The summed E-state index contributed by atoms with van der Waals surface area (Å²) < 4.78 is 10.5. The molecule has 0 fully saturated rings. The second kappa shape index (κ2) is 6.25. The number of methoxy groups -OCH3 is 1. The van der Waals surface area contributed by atoms with E-state index in [1.807, 2.05) is 31.2 Å². The molecular weight excluding hydrogens is 258 g/mol. The van der Waals surface area contributed by atoms with Crippen LogP contribution in [0.15, 0.2) is 41.0 Å². The van der Waals surface area contributed by atoms with Crippen LogP contribution in [0.5, 0.6) is 5.75 Å². The van der Waals surface area contributed by atoms with Crippen LogP contribution < -0.4 is 10.1 Å². The van der Waals surface area contributed by atoms with Crippen molar-refractivity contribution < 1.29 is 19.1 Å². The Morgan fingerprint density at radius 3 is 2.85 bits per heavy atom. The summed E-state index contributed by atoms with van der Waals surface area (Å²) in [4.78, 5) is 11.0. The minimum Gasteiger partial charge on any atom is -0.496 e. The van der Waals surface area contributed by atoms with Crippen molar-refractivity contribution in [2.75, 3.05) is 7.11 Å². The minimum absolute atomic E-state index is 0.0119. The summed E-state index contributed by atoms with van der Waals surface area (Å²) in [5.41, 5.74) is 1.20. The predicted molar refractivity (Wildman–Crippen MR) is 73.9 cm³/mol. The Labute approximate surface area is 117 Å². The van der Waals surface area contributed by atoms with Crippen molar-refractivity contribution in [1.82, 2.24) is 5.32 Å². The Balaban J connectivity index is 2.07. The fourth-order valence-electron chi connectivity index (χ4n) is 2.05. The lowest BCUT2D eigenvalue weighted by atomic mass is 10.1. The second-order valence-corrected chi connectivity index (χ2v) is 4.41. The first-order valence-electron chi connectivity index (χ1n) is 6.29. The molecule has 106 valence electrons. The predicted octanol–water partition coefficient (Wildman–Crippen LogP) is 2.84. The van der Waals surface area contributed by atoms with Crippen molar-refractivity contribution in [3.8, 4) is 5.75 Å². The summed E-state index contributed by atoms with van der Waals surface area (Å²) in [5, 5.41) is 12.2. The topological polar surface area (TPSA) is 71.7 Å². The Kier molecular flexibility index (Phi) is 4.42. The van der Waals surface area contributed by atoms with Gasteiger partial charge in [0.05, 0.1) is 19.9 Å². The van der Waals surface area contributed by atoms with Crippen LogP contribution in [0.25, 0.3) is 0 Å². The van der Waals surface area contributed by atoms with Crippen molar-refractivity contribution in [2.45, 2.75) is 19.5 Å². The molecule has 2 N–H and O–H groups in total. The van der Waals surface area contributed by atoms with Crippen LogP contribution in [0.2, 0.25) is 0 Å². The Hall–Kier alpha value is -2.27. The molecule has 1 aromatic heterocycles. The SMILES string of the molecule is COc1ccccc1[C@H](C)NCc1occc1C(=O)O. The fourth-order valence-corrected chi connectivity index (χ4v) is 2.05. The smallest absolute Gasteiger partial charge is 0.339 e. The van der Waals surface area contributed by atoms with Crippen LogP contribution >= 0.6 is 0 Å². The first-order valence-corrected chi connectivity index (χ1v) is 6.29. The highest BCUT2D eigenvalue weighted by Crippen LogP contribution is 2.24. The van der Waals surface area contributed by atoms with Gasteiger partial charge in [-0.25, -0.2) is 4.79 Å². The fraction of sp³-hybridized carbons (Fsp3) is 0.267. The van der Waals surface area contributed by atoms with Gasteiger partial charge in [-0.3, -0.25) is 0 Å². The first-order chi connectivity index (χ1) is 9.63. The van der Waals surface area contributed by atoms with E-state index in [1.165, 1.54) is 12.3 Å². The van der Waals surface area contributed by atoms with Gasteiger partial charge >= 0.3 is 5.97 Å². The Morgan fingerprint density at radius 1 is 1.40 bits per heavy atom. The largest absolute Gasteiger partial charge is 0.496 e. The van der Waals surface area contributed by atoms with Gasteiger partial charge in [0, 0.05) is 11.6 Å². The molecule has 0 aliphatic carbocycles. The first kappa shape index (κ1) is 14.1.